The highest BCUT2D eigenvalue weighted by Crippen LogP contribution is 1.27. The highest BCUT2D eigenvalue weighted by Gasteiger charge is 1.85. The van der Waals surface area contributed by atoms with Crippen LogP contribution in [0, 0.1) is 5.41 Å². The molecule has 0 aromatic rings. The first-order valence-corrected chi connectivity index (χ1v) is 3.03. The van der Waals surface area contributed by atoms with Gasteiger partial charge in [0.2, 0.25) is 0 Å². The Kier molecular flexibility index (Phi) is 8.19. The predicted octanol–water partition coefficient (Wildman–Crippen LogP) is -3.27. The summed E-state index contributed by atoms with van der Waals surface area (Å²) in [6.45, 7) is 0. The fourth-order valence-electron chi connectivity index (χ4n) is 0. The minimum atomic E-state index is -3.13. The van der Waals surface area contributed by atoms with E-state index in [1.165, 1.54) is 0 Å². The van der Waals surface area contributed by atoms with Crippen LogP contribution in [0.1, 0.15) is 0 Å². The molecule has 0 spiro atoms. The van der Waals surface area contributed by atoms with E-state index in [1.54, 1.807) is 0 Å². The van der Waals surface area contributed by atoms with Gasteiger partial charge in [0, 0.05) is 0 Å². The van der Waals surface area contributed by atoms with E-state index in [-0.39, 0.29) is 5.96 Å². The minimum Gasteiger partial charge on any atom is -0.511 e. The van der Waals surface area contributed by atoms with Crippen LogP contribution in [0.25, 0.3) is 0 Å². The zero-order chi connectivity index (χ0) is 7.86. The van der Waals surface area contributed by atoms with E-state index in [0.717, 1.165) is 0 Å². The Morgan fingerprint density at radius 1 is 1.67 bits per heavy atom. The molecular formula is CH8N4O3Si. The zero-order valence-electron chi connectivity index (χ0n) is 4.46. The lowest BCUT2D eigenvalue weighted by Gasteiger charge is -1.85. The molecule has 0 fully saturated rings. The number of guanidine groups is 1. The summed E-state index contributed by atoms with van der Waals surface area (Å²) >= 11 is 0. The van der Waals surface area contributed by atoms with Crippen molar-refractivity contribution in [3.8, 4) is 0 Å². The molecule has 0 aliphatic rings. The van der Waals surface area contributed by atoms with Crippen LogP contribution in [-0.4, -0.2) is 24.7 Å². The van der Waals surface area contributed by atoms with Gasteiger partial charge in [0.25, 0.3) is 0 Å². The molecule has 7 nitrogen and oxygen atoms in total. The van der Waals surface area contributed by atoms with Crippen LogP contribution in [0.5, 0.6) is 0 Å². The van der Waals surface area contributed by atoms with Gasteiger partial charge in [-0.15, -0.1) is 0 Å². The molecule has 0 rings (SSSR count). The highest BCUT2D eigenvalue weighted by atomic mass is 28.3. The van der Waals surface area contributed by atoms with Crippen molar-refractivity contribution in [2.24, 2.45) is 11.6 Å². The topological polar surface area (TPSA) is 145 Å². The first-order valence-electron chi connectivity index (χ1n) is 1.73. The maximum absolute atomic E-state index is 8.74. The maximum Gasteiger partial charge on any atom is 0.761 e. The molecule has 0 unspecified atom stereocenters. The van der Waals surface area contributed by atoms with Crippen molar-refractivity contribution in [2.75, 3.05) is 0 Å². The highest BCUT2D eigenvalue weighted by molar-refractivity contribution is 6.22. The van der Waals surface area contributed by atoms with E-state index in [0.29, 0.717) is 0 Å². The number of nitrogens with two attached hydrogens (primary N) is 2. The lowest BCUT2D eigenvalue weighted by atomic mass is 11.1. The summed E-state index contributed by atoms with van der Waals surface area (Å²) in [5.41, 5.74) is 6.53. The Balaban J connectivity index is 0. The largest absolute Gasteiger partial charge is 0.761 e. The average molecular weight is 152 g/mol. The number of hydrogen-bond acceptors (Lipinski definition) is 3. The fourth-order valence-corrected chi connectivity index (χ4v) is 0. The summed E-state index contributed by atoms with van der Waals surface area (Å²) in [7, 11) is -3.13. The average Bonchev–Trinajstić information content (AvgIpc) is 1.65. The number of rotatable bonds is 0. The van der Waals surface area contributed by atoms with E-state index in [1.807, 2.05) is 5.43 Å². The lowest BCUT2D eigenvalue weighted by molar-refractivity contribution is 0.330. The SMILES string of the molecule is N=C(N)NN.O=[Si](O)O. The second-order valence-corrected chi connectivity index (χ2v) is 1.41. The molecule has 8 N–H and O–H groups in total. The molecule has 0 saturated carbocycles. The molecule has 0 aliphatic carbocycles. The Bertz CT molecular complexity index is 100.0. The zero-order valence-corrected chi connectivity index (χ0v) is 5.46. The second-order valence-electron chi connectivity index (χ2n) is 0.841. The van der Waals surface area contributed by atoms with E-state index in [4.69, 9.17) is 19.5 Å². The molecule has 0 bridgehead atoms. The van der Waals surface area contributed by atoms with Crippen molar-refractivity contribution < 1.29 is 14.1 Å². The molecule has 9 heavy (non-hydrogen) atoms. The van der Waals surface area contributed by atoms with Crippen LogP contribution in [0.3, 0.4) is 0 Å². The van der Waals surface area contributed by atoms with Crippen molar-refractivity contribution in [1.82, 2.24) is 5.43 Å². The van der Waals surface area contributed by atoms with Crippen LogP contribution < -0.4 is 17.0 Å². The van der Waals surface area contributed by atoms with Crippen LogP contribution >= 0.6 is 0 Å². The van der Waals surface area contributed by atoms with Crippen LogP contribution in [0.2, 0.25) is 0 Å². The summed E-state index contributed by atoms with van der Waals surface area (Å²) in [6.07, 6.45) is 0. The van der Waals surface area contributed by atoms with Gasteiger partial charge in [0.15, 0.2) is 5.96 Å². The molecule has 8 heteroatoms. The molecule has 0 aliphatic heterocycles. The molecule has 0 aromatic carbocycles. The van der Waals surface area contributed by atoms with Gasteiger partial charge in [0.1, 0.15) is 0 Å². The molecular weight excluding hydrogens is 144 g/mol. The van der Waals surface area contributed by atoms with Gasteiger partial charge in [0.05, 0.1) is 0 Å². The molecule has 0 amide bonds. The third-order valence-electron chi connectivity index (χ3n) is 0.156. The predicted molar refractivity (Wildman–Crippen MR) is 30.1 cm³/mol. The van der Waals surface area contributed by atoms with Crippen LogP contribution in [0.4, 0.5) is 0 Å². The minimum absolute atomic E-state index is 0.218. The summed E-state index contributed by atoms with van der Waals surface area (Å²) < 4.78 is 8.74. The normalized spacial score (nSPS) is 6.33. The van der Waals surface area contributed by atoms with Gasteiger partial charge in [-0.25, -0.2) is 5.84 Å². The van der Waals surface area contributed by atoms with E-state index in [9.17, 15) is 0 Å². The van der Waals surface area contributed by atoms with Gasteiger partial charge in [-0.1, -0.05) is 0 Å². The smallest absolute Gasteiger partial charge is 0.511 e. The van der Waals surface area contributed by atoms with Gasteiger partial charge in [-0.3, -0.25) is 15.3 Å². The number of hydrazine groups is 1. The van der Waals surface area contributed by atoms with Crippen molar-refractivity contribution in [2.45, 2.75) is 0 Å². The summed E-state index contributed by atoms with van der Waals surface area (Å²) in [5, 5.41) is 6.28. The van der Waals surface area contributed by atoms with Crippen molar-refractivity contribution >= 4 is 15.1 Å². The Morgan fingerprint density at radius 3 is 1.78 bits per heavy atom. The third kappa shape index (κ3) is 224. The maximum atomic E-state index is 8.74. The standard InChI is InChI=1S/CH6N4.H2O3Si/c2-1(3)5-4;1-4(2)3/h4H2,(H4,2,3,5);1-2H. The third-order valence-corrected chi connectivity index (χ3v) is 0.156. The van der Waals surface area contributed by atoms with Gasteiger partial charge in [-0.2, -0.15) is 0 Å². The number of nitrogens with one attached hydrogen (secondary N) is 2. The van der Waals surface area contributed by atoms with Crippen LogP contribution in [-0.2, 0) is 4.46 Å². The van der Waals surface area contributed by atoms with E-state index >= 15 is 0 Å². The molecule has 0 radical (unpaired) electrons. The summed E-state index contributed by atoms with van der Waals surface area (Å²) in [6, 6.07) is 0. The van der Waals surface area contributed by atoms with Gasteiger partial charge < -0.3 is 15.3 Å². The lowest BCUT2D eigenvalue weighted by Crippen LogP contribution is -2.35. The Labute approximate surface area is 52.7 Å². The first kappa shape index (κ1) is 10.8. The quantitative estimate of drug-likeness (QED) is 0.0705. The van der Waals surface area contributed by atoms with Crippen molar-refractivity contribution in [3.63, 3.8) is 0 Å². The van der Waals surface area contributed by atoms with E-state index in [2.05, 4.69) is 11.6 Å². The molecule has 0 saturated heterocycles. The van der Waals surface area contributed by atoms with Crippen molar-refractivity contribution in [3.05, 3.63) is 0 Å². The van der Waals surface area contributed by atoms with Gasteiger partial charge >= 0.3 is 9.17 Å². The van der Waals surface area contributed by atoms with Gasteiger partial charge in [-0.05, 0) is 0 Å². The molecule has 54 valence electrons. The molecule has 0 atom stereocenters. The second kappa shape index (κ2) is 6.85. The fraction of sp³-hybridized carbons (Fsp3) is 0. The Morgan fingerprint density at radius 2 is 1.78 bits per heavy atom. The van der Waals surface area contributed by atoms with Crippen LogP contribution in [0.15, 0.2) is 0 Å². The summed E-state index contributed by atoms with van der Waals surface area (Å²) in [5.74, 6) is 4.35. The molecule has 0 heterocycles. The monoisotopic (exact) mass is 152 g/mol. The summed E-state index contributed by atoms with van der Waals surface area (Å²) in [4.78, 5) is 14.3. The Hall–Kier alpha value is -1.15. The molecule has 0 aromatic heterocycles. The van der Waals surface area contributed by atoms with E-state index < -0.39 is 9.17 Å². The first-order chi connectivity index (χ1) is 4.00. The number of hydrogen-bond donors (Lipinski definition) is 6. The van der Waals surface area contributed by atoms with Crippen molar-refractivity contribution in [1.29, 1.82) is 5.41 Å².